The van der Waals surface area contributed by atoms with Crippen LogP contribution in [-0.4, -0.2) is 22.7 Å². The molecular weight excluding hydrogens is 326 g/mol. The molecule has 0 bridgehead atoms. The molecule has 0 spiro atoms. The van der Waals surface area contributed by atoms with Crippen LogP contribution in [0.2, 0.25) is 0 Å². The number of ketones is 1. The topological polar surface area (TPSA) is 130 Å². The minimum absolute atomic E-state index is 0.0966. The molecule has 0 fully saturated rings. The van der Waals surface area contributed by atoms with Gasteiger partial charge in [0.05, 0.1) is 11.3 Å². The molecule has 1 amide bonds. The zero-order valence-corrected chi connectivity index (χ0v) is 13.3. The van der Waals surface area contributed by atoms with Crippen molar-refractivity contribution < 1.29 is 19.3 Å². The van der Waals surface area contributed by atoms with Crippen molar-refractivity contribution in [1.29, 1.82) is 5.41 Å². The van der Waals surface area contributed by atoms with E-state index in [1.807, 2.05) is 19.1 Å². The van der Waals surface area contributed by atoms with Crippen LogP contribution in [0, 0.1) is 22.4 Å². The van der Waals surface area contributed by atoms with E-state index in [2.05, 4.69) is 5.32 Å². The van der Waals surface area contributed by atoms with E-state index < -0.39 is 10.8 Å². The Hall–Kier alpha value is -3.64. The molecule has 2 N–H and O–H groups in total. The minimum atomic E-state index is -0.543. The Kier molecular flexibility index (Phi) is 7.37. The van der Waals surface area contributed by atoms with Gasteiger partial charge in [-0.2, -0.15) is 0 Å². The molecule has 0 atom stereocenters. The first kappa shape index (κ1) is 19.4. The fraction of sp³-hybridized carbons (Fsp3) is 0.118. The molecule has 0 aliphatic rings. The van der Waals surface area contributed by atoms with Crippen LogP contribution >= 0.6 is 0 Å². The van der Waals surface area contributed by atoms with Crippen molar-refractivity contribution in [2.24, 2.45) is 0 Å². The molecular formula is C17H15N3O5. The first-order valence-electron chi connectivity index (χ1n) is 7.05. The van der Waals surface area contributed by atoms with Gasteiger partial charge in [0.25, 0.3) is 5.69 Å². The zero-order valence-electron chi connectivity index (χ0n) is 13.3. The van der Waals surface area contributed by atoms with Gasteiger partial charge in [-0.15, -0.1) is 0 Å². The Balaban J connectivity index is 0.000000970. The lowest BCUT2D eigenvalue weighted by atomic mass is 10.1. The molecule has 0 aliphatic carbocycles. The lowest BCUT2D eigenvalue weighted by Crippen LogP contribution is -2.16. The number of carbonyl (C=O) groups excluding carboxylic acids is 3. The molecule has 25 heavy (non-hydrogen) atoms. The van der Waals surface area contributed by atoms with E-state index in [1.54, 1.807) is 12.1 Å². The number of amides is 1. The van der Waals surface area contributed by atoms with Gasteiger partial charge >= 0.3 is 0 Å². The number of carbonyl (C=O) groups is 2. The van der Waals surface area contributed by atoms with Crippen LogP contribution in [0.5, 0.6) is 0 Å². The Morgan fingerprint density at radius 1 is 1.12 bits per heavy atom. The molecule has 0 aromatic heterocycles. The number of nitrogens with one attached hydrogen (secondary N) is 2. The van der Waals surface area contributed by atoms with Crippen LogP contribution in [0.25, 0.3) is 0 Å². The summed E-state index contributed by atoms with van der Waals surface area (Å²) in [5, 5.41) is 18.6. The number of hydrogen-bond acceptors (Lipinski definition) is 6. The summed E-state index contributed by atoms with van der Waals surface area (Å²) >= 11 is 0. The predicted octanol–water partition coefficient (Wildman–Crippen LogP) is 3.02. The Bertz CT molecular complexity index is 792. The highest BCUT2D eigenvalue weighted by molar-refractivity contribution is 6.11. The van der Waals surface area contributed by atoms with Crippen molar-refractivity contribution >= 4 is 29.1 Å². The van der Waals surface area contributed by atoms with E-state index in [9.17, 15) is 19.7 Å². The van der Waals surface area contributed by atoms with Gasteiger partial charge in [0.2, 0.25) is 12.0 Å². The summed E-state index contributed by atoms with van der Waals surface area (Å²) in [6, 6.07) is 12.4. The highest BCUT2D eigenvalue weighted by atomic mass is 16.6. The standard InChI is InChI=1S/C16H14N2O4.CHNO/c1-11-2-6-13(7-3-11)17-16(20)10-15(19)12-4-8-14(9-5-12)18(21)22;2-1-3/h2-9H,10H2,1H3,(H,17,20);2H. The van der Waals surface area contributed by atoms with Gasteiger partial charge in [0.1, 0.15) is 0 Å². The molecule has 8 nitrogen and oxygen atoms in total. The maximum Gasteiger partial charge on any atom is 0.269 e. The summed E-state index contributed by atoms with van der Waals surface area (Å²) in [5.41, 5.74) is 1.86. The smallest absolute Gasteiger partial charge is 0.269 e. The second-order valence-electron chi connectivity index (χ2n) is 4.92. The van der Waals surface area contributed by atoms with Gasteiger partial charge < -0.3 is 5.32 Å². The zero-order chi connectivity index (χ0) is 18.8. The summed E-state index contributed by atoms with van der Waals surface area (Å²) in [5.74, 6) is -0.813. The third-order valence-electron chi connectivity index (χ3n) is 3.06. The van der Waals surface area contributed by atoms with Crippen molar-refractivity contribution in [3.05, 3.63) is 69.8 Å². The number of benzene rings is 2. The minimum Gasteiger partial charge on any atom is -0.326 e. The Morgan fingerprint density at radius 2 is 1.64 bits per heavy atom. The molecule has 128 valence electrons. The van der Waals surface area contributed by atoms with E-state index >= 15 is 0 Å². The van der Waals surface area contributed by atoms with Gasteiger partial charge in [-0.25, -0.2) is 10.2 Å². The molecule has 2 aromatic carbocycles. The van der Waals surface area contributed by atoms with E-state index in [-0.39, 0.29) is 23.5 Å². The van der Waals surface area contributed by atoms with Gasteiger partial charge in [-0.05, 0) is 31.2 Å². The molecule has 0 radical (unpaired) electrons. The van der Waals surface area contributed by atoms with Gasteiger partial charge in [0, 0.05) is 23.4 Å². The normalized spacial score (nSPS) is 9.16. The van der Waals surface area contributed by atoms with Crippen molar-refractivity contribution in [1.82, 2.24) is 0 Å². The maximum atomic E-state index is 11.9. The number of rotatable bonds is 5. The number of isocyanates is 1. The first-order chi connectivity index (χ1) is 11.9. The molecule has 8 heteroatoms. The van der Waals surface area contributed by atoms with Crippen LogP contribution in [-0.2, 0) is 9.59 Å². The van der Waals surface area contributed by atoms with Crippen LogP contribution in [0.1, 0.15) is 22.3 Å². The van der Waals surface area contributed by atoms with Gasteiger partial charge in [0.15, 0.2) is 5.78 Å². The van der Waals surface area contributed by atoms with Crippen molar-refractivity contribution in [2.45, 2.75) is 13.3 Å². The summed E-state index contributed by atoms with van der Waals surface area (Å²) in [4.78, 5) is 42.1. The Labute approximate surface area is 143 Å². The average molecular weight is 341 g/mol. The Morgan fingerprint density at radius 3 is 2.12 bits per heavy atom. The van der Waals surface area contributed by atoms with E-state index in [0.717, 1.165) is 11.6 Å². The number of hydrogen-bond donors (Lipinski definition) is 2. The van der Waals surface area contributed by atoms with E-state index in [0.29, 0.717) is 5.69 Å². The number of anilines is 1. The van der Waals surface area contributed by atoms with Crippen LogP contribution in [0.4, 0.5) is 11.4 Å². The summed E-state index contributed by atoms with van der Waals surface area (Å²) in [7, 11) is 0. The number of non-ortho nitro benzene ring substituents is 1. The highest BCUT2D eigenvalue weighted by Crippen LogP contribution is 2.14. The highest BCUT2D eigenvalue weighted by Gasteiger charge is 2.13. The summed E-state index contributed by atoms with van der Waals surface area (Å²) in [6.07, 6.45) is 0.436. The number of nitro benzene ring substituents is 1. The molecule has 0 unspecified atom stereocenters. The third kappa shape index (κ3) is 6.55. The fourth-order valence-electron chi connectivity index (χ4n) is 1.86. The third-order valence-corrected chi connectivity index (χ3v) is 3.06. The lowest BCUT2D eigenvalue weighted by Gasteiger charge is -2.05. The SMILES string of the molecule is Cc1ccc(NC(=O)CC(=O)c2ccc([N+](=O)[O-])cc2)cc1.N=C=O. The largest absolute Gasteiger partial charge is 0.326 e. The second kappa shape index (κ2) is 9.49. The van der Waals surface area contributed by atoms with Crippen LogP contribution < -0.4 is 5.32 Å². The van der Waals surface area contributed by atoms with E-state index in [4.69, 9.17) is 10.2 Å². The lowest BCUT2D eigenvalue weighted by molar-refractivity contribution is -0.384. The molecule has 0 saturated heterocycles. The molecule has 0 aliphatic heterocycles. The van der Waals surface area contributed by atoms with Gasteiger partial charge in [-0.3, -0.25) is 19.7 Å². The fourth-order valence-corrected chi connectivity index (χ4v) is 1.86. The molecule has 2 rings (SSSR count). The first-order valence-corrected chi connectivity index (χ1v) is 7.05. The van der Waals surface area contributed by atoms with Gasteiger partial charge in [-0.1, -0.05) is 17.7 Å². The second-order valence-corrected chi connectivity index (χ2v) is 4.92. The summed E-state index contributed by atoms with van der Waals surface area (Å²) in [6.45, 7) is 1.93. The monoisotopic (exact) mass is 341 g/mol. The molecule has 2 aromatic rings. The predicted molar refractivity (Wildman–Crippen MR) is 90.3 cm³/mol. The van der Waals surface area contributed by atoms with Crippen LogP contribution in [0.15, 0.2) is 48.5 Å². The van der Waals surface area contributed by atoms with Crippen molar-refractivity contribution in [2.75, 3.05) is 5.32 Å². The van der Waals surface area contributed by atoms with Crippen LogP contribution in [0.3, 0.4) is 0 Å². The van der Waals surface area contributed by atoms with E-state index in [1.165, 1.54) is 24.3 Å². The number of nitrogens with zero attached hydrogens (tertiary/aromatic N) is 1. The average Bonchev–Trinajstić information content (AvgIpc) is 2.57. The van der Waals surface area contributed by atoms with Crippen molar-refractivity contribution in [3.8, 4) is 0 Å². The molecule has 0 heterocycles. The van der Waals surface area contributed by atoms with Crippen molar-refractivity contribution in [3.63, 3.8) is 0 Å². The summed E-state index contributed by atoms with van der Waals surface area (Å²) < 4.78 is 0. The number of aryl methyl sites for hydroxylation is 1. The maximum absolute atomic E-state index is 11.9. The number of nitro groups is 1. The number of Topliss-reactive ketones (excluding diaryl/α,β-unsaturated/α-hetero) is 1. The molecule has 0 saturated carbocycles. The quantitative estimate of drug-likeness (QED) is 0.215.